The SMILES string of the molecule is CN(C)S(=O)(=O)Cc1cccc(Oc2cc(F)cc(Cc3ccc(I)cc3)c2C(N)=O)c1. The maximum Gasteiger partial charge on any atom is 0.252 e. The highest BCUT2D eigenvalue weighted by Crippen LogP contribution is 2.31. The van der Waals surface area contributed by atoms with Gasteiger partial charge in [-0.25, -0.2) is 17.1 Å². The summed E-state index contributed by atoms with van der Waals surface area (Å²) in [6, 6.07) is 16.4. The van der Waals surface area contributed by atoms with Gasteiger partial charge < -0.3 is 10.5 Å². The fourth-order valence-electron chi connectivity index (χ4n) is 3.12. The molecule has 0 unspecified atom stereocenters. The van der Waals surface area contributed by atoms with E-state index in [9.17, 15) is 17.6 Å². The summed E-state index contributed by atoms with van der Waals surface area (Å²) in [7, 11) is -0.560. The molecule has 0 saturated heterocycles. The first-order valence-electron chi connectivity index (χ1n) is 9.59. The van der Waals surface area contributed by atoms with Gasteiger partial charge in [-0.15, -0.1) is 0 Å². The number of carbonyl (C=O) groups is 1. The van der Waals surface area contributed by atoms with Gasteiger partial charge in [0.05, 0.1) is 11.3 Å². The molecule has 3 aromatic rings. The smallest absolute Gasteiger partial charge is 0.252 e. The highest BCUT2D eigenvalue weighted by Gasteiger charge is 2.19. The molecule has 0 aliphatic carbocycles. The van der Waals surface area contributed by atoms with E-state index in [1.165, 1.54) is 26.2 Å². The number of hydrogen-bond acceptors (Lipinski definition) is 4. The third kappa shape index (κ3) is 6.05. The van der Waals surface area contributed by atoms with Crippen molar-refractivity contribution in [3.8, 4) is 11.5 Å². The van der Waals surface area contributed by atoms with Crippen molar-refractivity contribution in [3.05, 3.63) is 92.3 Å². The minimum atomic E-state index is -3.47. The maximum atomic E-state index is 14.4. The van der Waals surface area contributed by atoms with Crippen LogP contribution in [-0.2, 0) is 22.2 Å². The van der Waals surface area contributed by atoms with Crippen molar-refractivity contribution in [1.29, 1.82) is 0 Å². The molecule has 0 bridgehead atoms. The average molecular weight is 568 g/mol. The van der Waals surface area contributed by atoms with E-state index >= 15 is 0 Å². The number of hydrogen-bond donors (Lipinski definition) is 1. The molecular weight excluding hydrogens is 546 g/mol. The minimum absolute atomic E-state index is 0.0226. The van der Waals surface area contributed by atoms with Gasteiger partial charge >= 0.3 is 0 Å². The van der Waals surface area contributed by atoms with Gasteiger partial charge in [0.25, 0.3) is 5.91 Å². The second kappa shape index (κ2) is 9.97. The number of rotatable bonds is 8. The van der Waals surface area contributed by atoms with Crippen LogP contribution in [0.4, 0.5) is 4.39 Å². The van der Waals surface area contributed by atoms with Gasteiger partial charge in [-0.05, 0) is 76.0 Å². The van der Waals surface area contributed by atoms with E-state index in [0.717, 1.165) is 19.5 Å². The Hall–Kier alpha value is -2.50. The van der Waals surface area contributed by atoms with Gasteiger partial charge in [-0.2, -0.15) is 0 Å². The van der Waals surface area contributed by atoms with Crippen molar-refractivity contribution in [2.75, 3.05) is 14.1 Å². The van der Waals surface area contributed by atoms with Crippen LogP contribution in [0.5, 0.6) is 11.5 Å². The fraction of sp³-hybridized carbons (Fsp3) is 0.174. The van der Waals surface area contributed by atoms with Crippen LogP contribution in [0.15, 0.2) is 60.7 Å². The quantitative estimate of drug-likeness (QED) is 0.411. The van der Waals surface area contributed by atoms with Gasteiger partial charge in [-0.3, -0.25) is 4.79 Å². The molecular formula is C23H22FIN2O4S. The molecule has 3 aromatic carbocycles. The Kier molecular flexibility index (Phi) is 7.52. The monoisotopic (exact) mass is 568 g/mol. The molecule has 0 heterocycles. The summed E-state index contributed by atoms with van der Waals surface area (Å²) < 4.78 is 46.8. The number of primary amides is 1. The van der Waals surface area contributed by atoms with Crippen LogP contribution in [0.1, 0.15) is 27.0 Å². The molecule has 0 aromatic heterocycles. The Balaban J connectivity index is 1.96. The Labute approximate surface area is 200 Å². The van der Waals surface area contributed by atoms with E-state index in [1.54, 1.807) is 18.2 Å². The number of nitrogens with zero attached hydrogens (tertiary/aromatic N) is 1. The predicted molar refractivity (Wildman–Crippen MR) is 130 cm³/mol. The van der Waals surface area contributed by atoms with Crippen molar-refractivity contribution >= 4 is 38.5 Å². The molecule has 0 spiro atoms. The first-order chi connectivity index (χ1) is 15.0. The van der Waals surface area contributed by atoms with E-state index in [4.69, 9.17) is 10.5 Å². The van der Waals surface area contributed by atoms with Crippen LogP contribution in [0.3, 0.4) is 0 Å². The number of benzene rings is 3. The molecule has 168 valence electrons. The normalized spacial score (nSPS) is 11.5. The predicted octanol–water partition coefficient (Wildman–Crippen LogP) is 4.30. The van der Waals surface area contributed by atoms with Crippen LogP contribution < -0.4 is 10.5 Å². The topological polar surface area (TPSA) is 89.7 Å². The Bertz CT molecular complexity index is 1250. The molecule has 6 nitrogen and oxygen atoms in total. The number of halogens is 2. The second-order valence-corrected chi connectivity index (χ2v) is 10.8. The lowest BCUT2D eigenvalue weighted by atomic mass is 9.98. The Morgan fingerprint density at radius 3 is 2.38 bits per heavy atom. The van der Waals surface area contributed by atoms with Crippen LogP contribution in [0.2, 0.25) is 0 Å². The average Bonchev–Trinajstić information content (AvgIpc) is 2.69. The lowest BCUT2D eigenvalue weighted by molar-refractivity contribution is 0.0997. The standard InChI is InChI=1S/C23H22FIN2O4S/c1-27(2)32(29,30)14-16-4-3-5-20(11-16)31-21-13-18(24)12-17(22(21)23(26)28)10-15-6-8-19(25)9-7-15/h3-9,11-13H,10,14H2,1-2H3,(H2,26,28). The van der Waals surface area contributed by atoms with E-state index in [0.29, 0.717) is 17.5 Å². The Morgan fingerprint density at radius 2 is 1.75 bits per heavy atom. The van der Waals surface area contributed by atoms with E-state index in [-0.39, 0.29) is 22.8 Å². The lowest BCUT2D eigenvalue weighted by Gasteiger charge is -2.15. The maximum absolute atomic E-state index is 14.4. The van der Waals surface area contributed by atoms with Crippen LogP contribution >= 0.6 is 22.6 Å². The van der Waals surface area contributed by atoms with E-state index in [2.05, 4.69) is 22.6 Å². The third-order valence-electron chi connectivity index (χ3n) is 4.73. The molecule has 3 rings (SSSR count). The molecule has 32 heavy (non-hydrogen) atoms. The van der Waals surface area contributed by atoms with Crippen molar-refractivity contribution in [2.24, 2.45) is 5.73 Å². The van der Waals surface area contributed by atoms with Gasteiger partial charge in [0.1, 0.15) is 17.3 Å². The summed E-state index contributed by atoms with van der Waals surface area (Å²) in [5.41, 5.74) is 7.48. The number of amides is 1. The van der Waals surface area contributed by atoms with Gasteiger partial charge in [0, 0.05) is 23.7 Å². The molecule has 0 atom stereocenters. The first-order valence-corrected chi connectivity index (χ1v) is 12.3. The highest BCUT2D eigenvalue weighted by atomic mass is 127. The van der Waals surface area contributed by atoms with Gasteiger partial charge in [-0.1, -0.05) is 24.3 Å². The zero-order valence-electron chi connectivity index (χ0n) is 17.5. The number of ether oxygens (including phenoxy) is 1. The first kappa shape index (κ1) is 24.1. The number of carbonyl (C=O) groups excluding carboxylic acids is 1. The molecule has 0 radical (unpaired) electrons. The summed E-state index contributed by atoms with van der Waals surface area (Å²) in [6.07, 6.45) is 0.296. The summed E-state index contributed by atoms with van der Waals surface area (Å²) in [5.74, 6) is -1.29. The summed E-state index contributed by atoms with van der Waals surface area (Å²) >= 11 is 2.19. The van der Waals surface area contributed by atoms with Gasteiger partial charge in [0.15, 0.2) is 0 Å². The van der Waals surface area contributed by atoms with Gasteiger partial charge in [0.2, 0.25) is 10.0 Å². The third-order valence-corrected chi connectivity index (χ3v) is 7.26. The zero-order chi connectivity index (χ0) is 23.5. The van der Waals surface area contributed by atoms with Crippen LogP contribution in [0.25, 0.3) is 0 Å². The lowest BCUT2D eigenvalue weighted by Crippen LogP contribution is -2.23. The Morgan fingerprint density at radius 1 is 1.06 bits per heavy atom. The zero-order valence-corrected chi connectivity index (χ0v) is 20.5. The minimum Gasteiger partial charge on any atom is -0.456 e. The second-order valence-electron chi connectivity index (χ2n) is 7.39. The molecule has 1 amide bonds. The van der Waals surface area contributed by atoms with Crippen LogP contribution in [-0.4, -0.2) is 32.7 Å². The van der Waals surface area contributed by atoms with Crippen molar-refractivity contribution in [3.63, 3.8) is 0 Å². The molecule has 0 aliphatic heterocycles. The fourth-order valence-corrected chi connectivity index (χ4v) is 4.34. The number of sulfonamides is 1. The molecule has 2 N–H and O–H groups in total. The summed E-state index contributed by atoms with van der Waals surface area (Å²) in [5, 5.41) is 0. The van der Waals surface area contributed by atoms with Crippen LogP contribution in [0, 0.1) is 9.39 Å². The largest absolute Gasteiger partial charge is 0.456 e. The summed E-state index contributed by atoms with van der Waals surface area (Å²) in [6.45, 7) is 0. The van der Waals surface area contributed by atoms with Crippen molar-refractivity contribution in [2.45, 2.75) is 12.2 Å². The van der Waals surface area contributed by atoms with Crippen molar-refractivity contribution in [1.82, 2.24) is 4.31 Å². The number of nitrogens with two attached hydrogens (primary N) is 1. The van der Waals surface area contributed by atoms with E-state index < -0.39 is 21.7 Å². The molecule has 0 aliphatic rings. The van der Waals surface area contributed by atoms with E-state index in [1.807, 2.05) is 24.3 Å². The highest BCUT2D eigenvalue weighted by molar-refractivity contribution is 14.1. The molecule has 0 saturated carbocycles. The summed E-state index contributed by atoms with van der Waals surface area (Å²) in [4.78, 5) is 12.3. The molecule has 0 fully saturated rings. The van der Waals surface area contributed by atoms with Crippen molar-refractivity contribution < 1.29 is 22.3 Å². The molecule has 9 heteroatoms.